The molecule has 0 fully saturated rings. The highest BCUT2D eigenvalue weighted by atomic mass is 32.1. The Hall–Kier alpha value is -0.220. The van der Waals surface area contributed by atoms with Gasteiger partial charge in [0, 0.05) is 6.61 Å². The van der Waals surface area contributed by atoms with E-state index in [9.17, 15) is 4.79 Å². The number of carbonyl (C=O) groups excluding carboxylic acids is 1. The molecular formula is C11H22O3S. The standard InChI is InChI=1S/C11H22O3S/c1-4-5-6-13-7-8-14-11(12)10(15)9(2)3/h9-10,15H,4-8H2,1-3H3. The van der Waals surface area contributed by atoms with Gasteiger partial charge in [0.05, 0.1) is 6.61 Å². The second-order valence-corrected chi connectivity index (χ2v) is 4.38. The number of hydrogen-bond acceptors (Lipinski definition) is 4. The lowest BCUT2D eigenvalue weighted by atomic mass is 10.1. The van der Waals surface area contributed by atoms with Gasteiger partial charge in [0.1, 0.15) is 11.9 Å². The van der Waals surface area contributed by atoms with E-state index in [2.05, 4.69) is 19.6 Å². The Balaban J connectivity index is 3.39. The van der Waals surface area contributed by atoms with E-state index in [4.69, 9.17) is 9.47 Å². The zero-order valence-corrected chi connectivity index (χ0v) is 10.8. The molecule has 3 nitrogen and oxygen atoms in total. The summed E-state index contributed by atoms with van der Waals surface area (Å²) in [5, 5.41) is -0.333. The van der Waals surface area contributed by atoms with Crippen LogP contribution < -0.4 is 0 Å². The fourth-order valence-electron chi connectivity index (χ4n) is 0.907. The molecule has 1 atom stereocenters. The number of hydrogen-bond donors (Lipinski definition) is 1. The van der Waals surface area contributed by atoms with Crippen molar-refractivity contribution in [1.82, 2.24) is 0 Å². The van der Waals surface area contributed by atoms with Gasteiger partial charge in [0.2, 0.25) is 0 Å². The first kappa shape index (κ1) is 14.8. The second kappa shape index (κ2) is 9.04. The lowest BCUT2D eigenvalue weighted by molar-refractivity contribution is -0.145. The number of unbranched alkanes of at least 4 members (excludes halogenated alkanes) is 1. The van der Waals surface area contributed by atoms with Gasteiger partial charge in [-0.25, -0.2) is 0 Å². The molecule has 0 heterocycles. The van der Waals surface area contributed by atoms with Crippen LogP contribution >= 0.6 is 12.6 Å². The van der Waals surface area contributed by atoms with Gasteiger partial charge in [-0.1, -0.05) is 27.2 Å². The van der Waals surface area contributed by atoms with Gasteiger partial charge in [-0.15, -0.1) is 0 Å². The Bertz CT molecular complexity index is 171. The predicted octanol–water partition coefficient (Wildman–Crippen LogP) is 2.30. The van der Waals surface area contributed by atoms with Crippen LogP contribution in [0.2, 0.25) is 0 Å². The van der Waals surface area contributed by atoms with Gasteiger partial charge in [0.15, 0.2) is 0 Å². The van der Waals surface area contributed by atoms with Crippen molar-refractivity contribution in [3.05, 3.63) is 0 Å². The van der Waals surface area contributed by atoms with E-state index in [1.165, 1.54) is 0 Å². The smallest absolute Gasteiger partial charge is 0.319 e. The largest absolute Gasteiger partial charge is 0.462 e. The van der Waals surface area contributed by atoms with Crippen LogP contribution in [0.1, 0.15) is 33.6 Å². The van der Waals surface area contributed by atoms with Crippen molar-refractivity contribution in [3.8, 4) is 0 Å². The lowest BCUT2D eigenvalue weighted by Crippen LogP contribution is -2.24. The molecule has 0 rings (SSSR count). The monoisotopic (exact) mass is 234 g/mol. The van der Waals surface area contributed by atoms with Crippen molar-refractivity contribution in [1.29, 1.82) is 0 Å². The zero-order chi connectivity index (χ0) is 11.7. The van der Waals surface area contributed by atoms with Crippen molar-refractivity contribution < 1.29 is 14.3 Å². The van der Waals surface area contributed by atoms with Crippen LogP contribution in [-0.4, -0.2) is 31.0 Å². The normalized spacial score (nSPS) is 12.9. The van der Waals surface area contributed by atoms with Gasteiger partial charge in [0.25, 0.3) is 0 Å². The Labute approximate surface area is 97.9 Å². The molecule has 0 aliphatic carbocycles. The number of carbonyl (C=O) groups is 1. The van der Waals surface area contributed by atoms with Crippen molar-refractivity contribution in [2.75, 3.05) is 19.8 Å². The summed E-state index contributed by atoms with van der Waals surface area (Å²) in [4.78, 5) is 11.3. The molecule has 90 valence electrons. The SMILES string of the molecule is CCCCOCCOC(=O)C(S)C(C)C. The maximum Gasteiger partial charge on any atom is 0.319 e. The topological polar surface area (TPSA) is 35.5 Å². The minimum atomic E-state index is -0.333. The Morgan fingerprint density at radius 1 is 1.27 bits per heavy atom. The minimum Gasteiger partial charge on any atom is -0.462 e. The Morgan fingerprint density at radius 3 is 2.47 bits per heavy atom. The van der Waals surface area contributed by atoms with E-state index in [0.717, 1.165) is 19.4 Å². The predicted molar refractivity (Wildman–Crippen MR) is 64.3 cm³/mol. The summed E-state index contributed by atoms with van der Waals surface area (Å²) in [5.41, 5.74) is 0. The van der Waals surface area contributed by atoms with Crippen LogP contribution in [-0.2, 0) is 14.3 Å². The van der Waals surface area contributed by atoms with Crippen LogP contribution in [0.3, 0.4) is 0 Å². The minimum absolute atomic E-state index is 0.196. The van der Waals surface area contributed by atoms with Crippen molar-refractivity contribution in [2.24, 2.45) is 5.92 Å². The molecule has 0 aromatic carbocycles. The fraction of sp³-hybridized carbons (Fsp3) is 0.909. The molecule has 0 saturated carbocycles. The molecule has 0 aromatic rings. The van der Waals surface area contributed by atoms with Crippen molar-refractivity contribution >= 4 is 18.6 Å². The molecule has 1 unspecified atom stereocenters. The third-order valence-electron chi connectivity index (χ3n) is 1.99. The molecule has 0 spiro atoms. The van der Waals surface area contributed by atoms with E-state index in [1.807, 2.05) is 13.8 Å². The van der Waals surface area contributed by atoms with E-state index < -0.39 is 0 Å². The summed E-state index contributed by atoms with van der Waals surface area (Å²) in [5.74, 6) is -0.0609. The first-order chi connectivity index (χ1) is 7.09. The molecular weight excluding hydrogens is 212 g/mol. The first-order valence-electron chi connectivity index (χ1n) is 5.52. The highest BCUT2D eigenvalue weighted by Gasteiger charge is 2.18. The van der Waals surface area contributed by atoms with E-state index in [-0.39, 0.29) is 17.1 Å². The van der Waals surface area contributed by atoms with Crippen molar-refractivity contribution in [3.63, 3.8) is 0 Å². The van der Waals surface area contributed by atoms with Crippen molar-refractivity contribution in [2.45, 2.75) is 38.9 Å². The summed E-state index contributed by atoms with van der Waals surface area (Å²) in [7, 11) is 0. The molecule has 4 heteroatoms. The highest BCUT2D eigenvalue weighted by Crippen LogP contribution is 2.10. The molecule has 0 aliphatic rings. The molecule has 0 radical (unpaired) electrons. The van der Waals surface area contributed by atoms with Crippen LogP contribution in [0, 0.1) is 5.92 Å². The third-order valence-corrected chi connectivity index (χ3v) is 2.79. The lowest BCUT2D eigenvalue weighted by Gasteiger charge is -2.13. The maximum absolute atomic E-state index is 11.3. The van der Waals surface area contributed by atoms with Crippen LogP contribution in [0.25, 0.3) is 0 Å². The molecule has 0 saturated heterocycles. The van der Waals surface area contributed by atoms with E-state index >= 15 is 0 Å². The quantitative estimate of drug-likeness (QED) is 0.398. The Kier molecular flexibility index (Phi) is 8.91. The number of ether oxygens (including phenoxy) is 2. The number of rotatable bonds is 8. The number of esters is 1. The molecule has 0 N–H and O–H groups in total. The second-order valence-electron chi connectivity index (χ2n) is 3.82. The van der Waals surface area contributed by atoms with Gasteiger partial charge in [-0.3, -0.25) is 4.79 Å². The zero-order valence-electron chi connectivity index (χ0n) is 9.86. The average Bonchev–Trinajstić information content (AvgIpc) is 2.21. The summed E-state index contributed by atoms with van der Waals surface area (Å²) < 4.78 is 10.3. The summed E-state index contributed by atoms with van der Waals surface area (Å²) in [6.07, 6.45) is 2.17. The molecule has 15 heavy (non-hydrogen) atoms. The number of thiol groups is 1. The van der Waals surface area contributed by atoms with Gasteiger partial charge >= 0.3 is 5.97 Å². The Morgan fingerprint density at radius 2 is 1.93 bits per heavy atom. The third kappa shape index (κ3) is 7.68. The summed E-state index contributed by atoms with van der Waals surface area (Å²) in [6.45, 7) is 7.53. The van der Waals surface area contributed by atoms with Gasteiger partial charge in [-0.2, -0.15) is 12.6 Å². The highest BCUT2D eigenvalue weighted by molar-refractivity contribution is 7.81. The van der Waals surface area contributed by atoms with E-state index in [0.29, 0.717) is 13.2 Å². The molecule has 0 aliphatic heterocycles. The fourth-order valence-corrected chi connectivity index (χ4v) is 0.982. The van der Waals surface area contributed by atoms with Crippen LogP contribution in [0.4, 0.5) is 0 Å². The van der Waals surface area contributed by atoms with Crippen LogP contribution in [0.15, 0.2) is 0 Å². The van der Waals surface area contributed by atoms with E-state index in [1.54, 1.807) is 0 Å². The van der Waals surface area contributed by atoms with Gasteiger partial charge < -0.3 is 9.47 Å². The van der Waals surface area contributed by atoms with Gasteiger partial charge in [-0.05, 0) is 12.3 Å². The molecule has 0 amide bonds. The van der Waals surface area contributed by atoms with Crippen LogP contribution in [0.5, 0.6) is 0 Å². The average molecular weight is 234 g/mol. The molecule has 0 aromatic heterocycles. The molecule has 0 bridgehead atoms. The summed E-state index contributed by atoms with van der Waals surface area (Å²) in [6, 6.07) is 0. The summed E-state index contributed by atoms with van der Waals surface area (Å²) >= 11 is 4.16. The maximum atomic E-state index is 11.3. The first-order valence-corrected chi connectivity index (χ1v) is 6.03.